The van der Waals surface area contributed by atoms with E-state index in [1.165, 1.54) is 116 Å². The standard InChI is InChI=1S/2C36H59NO6.2Li.2HNO3.4H2N.2Pt/c2*1-24(2)8-6-9-25(3)30-13-14-31-29-12-11-26-20-28(15-17-35(26,4)32(29)16-18-36(30,31)5)43-19-7-10-27(38)21-37(22-33(39)40)23-34(41)42;;;2*2-1(3)4;;;;;;/h2*11,24-25,28-32H,6-10,12-23H2,1-5H3,(H,39,40)(H,41,42);;;2*(H,2,3,4);4*1H2;;/q;;2*+1;;;4*-1;;+2/p-3/t2*25-,28+,29?,30-,31?,32?,35+,36-;;;;;;;;;;/m11........../s1. The second-order valence-corrected chi connectivity index (χ2v) is 31.6. The van der Waals surface area contributed by atoms with Gasteiger partial charge < -0.3 is 79.3 Å². The van der Waals surface area contributed by atoms with Crippen LogP contribution in [-0.4, -0.2) is 136 Å². The number of aliphatic carboxylic acids is 4. The first kappa shape index (κ1) is 106. The van der Waals surface area contributed by atoms with Crippen LogP contribution in [0.5, 0.6) is 0 Å². The van der Waals surface area contributed by atoms with E-state index in [-0.39, 0.29) is 165 Å². The van der Waals surface area contributed by atoms with Gasteiger partial charge in [-0.2, -0.15) is 0 Å². The van der Waals surface area contributed by atoms with Crippen molar-refractivity contribution in [2.75, 3.05) is 52.5 Å². The van der Waals surface area contributed by atoms with Crippen LogP contribution in [0, 0.1) is 113 Å². The number of rotatable bonds is 32. The second kappa shape index (κ2) is 49.4. The summed E-state index contributed by atoms with van der Waals surface area (Å²) in [6, 6.07) is 0. The molecule has 0 aromatic carbocycles. The van der Waals surface area contributed by atoms with E-state index >= 15 is 0 Å². The molecule has 30 heteroatoms. The van der Waals surface area contributed by atoms with Crippen LogP contribution in [0.1, 0.15) is 236 Å². The molecule has 0 heterocycles. The van der Waals surface area contributed by atoms with Crippen molar-refractivity contribution in [3.63, 3.8) is 0 Å². The Hall–Kier alpha value is -2.65. The Balaban J connectivity index is -0.000000794. The summed E-state index contributed by atoms with van der Waals surface area (Å²) in [5.41, 5.74) is 4.78. The number of allylic oxidation sites excluding steroid dienone is 2. The number of carbonyl (C=O) groups excluding carboxylic acids is 5. The van der Waals surface area contributed by atoms with Crippen LogP contribution < -0.4 is 53.0 Å². The number of carbonyl (C=O) groups is 6. The van der Waals surface area contributed by atoms with E-state index in [0.717, 1.165) is 106 Å². The summed E-state index contributed by atoms with van der Waals surface area (Å²) in [5.74, 6) is 4.22. The number of Topliss-reactive ketones (excluding diaryl/α,β-unsaturated/α-hetero) is 2. The predicted molar refractivity (Wildman–Crippen MR) is 368 cm³/mol. The van der Waals surface area contributed by atoms with Crippen LogP contribution >= 0.6 is 0 Å². The zero-order valence-corrected chi connectivity index (χ0v) is 68.0. The van der Waals surface area contributed by atoms with Gasteiger partial charge in [0.1, 0.15) is 11.6 Å². The van der Waals surface area contributed by atoms with Crippen molar-refractivity contribution in [2.24, 2.45) is 92.7 Å². The Kier molecular flexibility index (Phi) is 51.2. The number of carboxylic acid groups (broad SMARTS) is 4. The van der Waals surface area contributed by atoms with Gasteiger partial charge in [-0.25, -0.2) is 0 Å². The summed E-state index contributed by atoms with van der Waals surface area (Å²) in [4.78, 5) is 87.1. The van der Waals surface area contributed by atoms with Crippen molar-refractivity contribution in [1.82, 2.24) is 9.80 Å². The average Bonchev–Trinajstić information content (AvgIpc) is 1.39. The Morgan fingerprint density at radius 2 is 0.833 bits per heavy atom. The molecule has 102 heavy (non-hydrogen) atoms. The predicted octanol–water partition coefficient (Wildman–Crippen LogP) is 6.64. The van der Waals surface area contributed by atoms with E-state index in [1.54, 1.807) is 11.1 Å². The molecule has 0 aromatic rings. The number of ether oxygens (including phenoxy) is 2. The van der Waals surface area contributed by atoms with Crippen molar-refractivity contribution >= 4 is 35.4 Å². The minimum Gasteiger partial charge on any atom is -0.693 e. The summed E-state index contributed by atoms with van der Waals surface area (Å²) < 4.78 is 12.5. The van der Waals surface area contributed by atoms with Crippen LogP contribution in [0.3, 0.4) is 0 Å². The fourth-order valence-electron chi connectivity index (χ4n) is 20.4. The molecule has 6 saturated carbocycles. The van der Waals surface area contributed by atoms with Crippen molar-refractivity contribution in [3.8, 4) is 0 Å². The number of ketones is 2. The van der Waals surface area contributed by atoms with Gasteiger partial charge in [0.05, 0.1) is 49.8 Å². The Bertz CT molecular complexity index is 2430. The molecule has 0 aromatic heterocycles. The number of nitrogens with zero attached hydrogens (tertiary/aromatic N) is 4. The number of hydrogen-bond acceptors (Lipinski definition) is 17. The molecular weight excluding hydrogens is 1670 g/mol. The molecule has 0 bridgehead atoms. The molecule has 0 saturated heterocycles. The second-order valence-electron chi connectivity index (χ2n) is 31.6. The van der Waals surface area contributed by atoms with E-state index in [9.17, 15) is 44.1 Å². The summed E-state index contributed by atoms with van der Waals surface area (Å²) in [6.07, 6.45) is 35.4. The maximum Gasteiger partial charge on any atom is 2.00 e. The number of carboxylic acids is 4. The van der Waals surface area contributed by atoms with Gasteiger partial charge in [0.2, 0.25) is 0 Å². The minimum atomic E-state index is -1.50. The maximum absolute atomic E-state index is 12.3. The molecule has 6 unspecified atom stereocenters. The van der Waals surface area contributed by atoms with E-state index in [0.29, 0.717) is 36.9 Å². The molecule has 8 aliphatic rings. The van der Waals surface area contributed by atoms with Crippen LogP contribution in [-0.2, 0) is 80.4 Å². The quantitative estimate of drug-likeness (QED) is 0.0209. The third kappa shape index (κ3) is 30.8. The van der Waals surface area contributed by atoms with E-state index in [4.69, 9.17) is 45.2 Å². The SMILES string of the molecule is CC(C)CCC[C@@H](C)[C@H]1CCC2C3CC=C4C[C@@H](OCCCC(=O)CN(CC(=O)[O-])CC(=O)O)CC[C@]4(C)C3CC[C@@]21C.CC(C)CCC[C@@H](C)[C@H]1CCC2C3CC=C4C[C@@H](OCCCC(=O)CN(CC(=O)[O-])CC(=O)[O-])CC[C@]4(C)C3CC[C@@]21C.O=[N+]([O-])O.O=[N+]([O-])O.[Li+].[Li+].[NH2-].[NH2-].[NH2-].[NH2-].[Pt+2].[Pt]. The average molecular weight is 1790 g/mol. The minimum absolute atomic E-state index is 0. The van der Waals surface area contributed by atoms with Crippen molar-refractivity contribution in [2.45, 2.75) is 248 Å². The van der Waals surface area contributed by atoms with Gasteiger partial charge in [0.15, 0.2) is 0 Å². The van der Waals surface area contributed by atoms with Gasteiger partial charge in [0, 0.05) is 66.8 Å². The fourth-order valence-corrected chi connectivity index (χ4v) is 20.4. The van der Waals surface area contributed by atoms with Gasteiger partial charge in [-0.15, -0.1) is 20.2 Å². The largest absolute Gasteiger partial charge is 2.00 e. The van der Waals surface area contributed by atoms with E-state index in [1.807, 2.05) is 0 Å². The Morgan fingerprint density at radius 3 is 1.14 bits per heavy atom. The number of hydrogen-bond donors (Lipinski definition) is 3. The van der Waals surface area contributed by atoms with Crippen molar-refractivity contribution in [3.05, 3.63) is 68.1 Å². The van der Waals surface area contributed by atoms with Crippen LogP contribution in [0.25, 0.3) is 24.6 Å². The number of fused-ring (bicyclic) bond motifs is 10. The van der Waals surface area contributed by atoms with E-state index in [2.05, 4.69) is 81.4 Å². The Labute approximate surface area is 661 Å². The zero-order valence-electron chi connectivity index (χ0n) is 63.5. The summed E-state index contributed by atoms with van der Waals surface area (Å²) in [7, 11) is 0. The maximum atomic E-state index is 12.3. The summed E-state index contributed by atoms with van der Waals surface area (Å²) >= 11 is 0. The smallest absolute Gasteiger partial charge is 0.693 e. The molecule has 0 aliphatic heterocycles. The molecule has 586 valence electrons. The van der Waals surface area contributed by atoms with Gasteiger partial charge in [-0.1, -0.05) is 131 Å². The molecule has 6 fully saturated rings. The molecule has 8 rings (SSSR count). The van der Waals surface area contributed by atoms with Gasteiger partial charge >= 0.3 is 64.8 Å². The molecule has 0 radical (unpaired) electrons. The summed E-state index contributed by atoms with van der Waals surface area (Å²) in [5, 5.41) is 68.8. The van der Waals surface area contributed by atoms with Crippen LogP contribution in [0.15, 0.2) is 23.3 Å². The molecule has 0 spiro atoms. The van der Waals surface area contributed by atoms with Gasteiger partial charge in [0.25, 0.3) is 10.2 Å². The van der Waals surface area contributed by atoms with Gasteiger partial charge in [-0.3, -0.25) is 24.2 Å². The number of nitrogens with two attached hydrogens (primary N) is 4. The van der Waals surface area contributed by atoms with Crippen molar-refractivity contribution in [1.29, 1.82) is 0 Å². The first-order valence-electron chi connectivity index (χ1n) is 35.7. The third-order valence-corrected chi connectivity index (χ3v) is 24.6. The van der Waals surface area contributed by atoms with Crippen LogP contribution in [0.4, 0.5) is 0 Å². The van der Waals surface area contributed by atoms with Gasteiger partial charge in [-0.05, 0) is 208 Å². The van der Waals surface area contributed by atoms with E-state index < -0.39 is 60.2 Å². The molecule has 16 atom stereocenters. The van der Waals surface area contributed by atoms with Crippen molar-refractivity contribution < 1.29 is 159 Å². The zero-order chi connectivity index (χ0) is 69.9. The topological polar surface area (TPSA) is 478 Å². The first-order valence-corrected chi connectivity index (χ1v) is 35.7. The molecular formula is C72H125Li2N8O18Pt2-3. The fraction of sp³-hybridized carbons (Fsp3) is 0.861. The third-order valence-electron chi connectivity index (χ3n) is 24.6. The van der Waals surface area contributed by atoms with Crippen LogP contribution in [0.2, 0.25) is 0 Å². The first-order chi connectivity index (χ1) is 44.1. The monoisotopic (exact) mass is 1790 g/mol. The normalized spacial score (nSPS) is 29.4. The molecule has 11 N–H and O–H groups in total. The molecule has 0 amide bonds. The summed E-state index contributed by atoms with van der Waals surface area (Å²) in [6.45, 7) is 23.1. The molecule has 8 aliphatic carbocycles. The molecule has 26 nitrogen and oxygen atoms in total. The Morgan fingerprint density at radius 1 is 0.510 bits per heavy atom.